The van der Waals surface area contributed by atoms with Crippen molar-refractivity contribution in [2.24, 2.45) is 21.7 Å². The summed E-state index contributed by atoms with van der Waals surface area (Å²) in [6.45, 7) is 0.280. The third kappa shape index (κ3) is 11.0. The Morgan fingerprint density at radius 2 is 1.00 bits per heavy atom. The molecule has 22 heteroatoms. The molecule has 0 saturated carbocycles. The van der Waals surface area contributed by atoms with Gasteiger partial charge in [-0.05, 0) is 159 Å². The zero-order chi connectivity index (χ0) is 54.7. The van der Waals surface area contributed by atoms with Gasteiger partial charge in [0.2, 0.25) is 0 Å². The van der Waals surface area contributed by atoms with E-state index in [0.29, 0.717) is 22.6 Å². The minimum Gasteiger partial charge on any atom is -0.364 e. The lowest BCUT2D eigenvalue weighted by Crippen LogP contribution is -2.55. The number of carbonyl (C=O) groups excluding carboxylic acids is 2. The van der Waals surface area contributed by atoms with Crippen molar-refractivity contribution in [1.82, 2.24) is 10.0 Å². The van der Waals surface area contributed by atoms with E-state index in [1.807, 2.05) is 0 Å². The molecule has 0 bridgehead atoms. The van der Waals surface area contributed by atoms with E-state index in [0.717, 1.165) is 64.9 Å². The monoisotopic (exact) mass is 1190 g/mol. The van der Waals surface area contributed by atoms with Crippen molar-refractivity contribution in [2.45, 2.75) is 59.5 Å². The third-order valence-electron chi connectivity index (χ3n) is 13.3. The highest BCUT2D eigenvalue weighted by atomic mass is 35.5. The van der Waals surface area contributed by atoms with Gasteiger partial charge >= 0.3 is 0 Å². The molecule has 8 rings (SSSR count). The van der Waals surface area contributed by atoms with E-state index in [-0.39, 0.29) is 89.8 Å². The molecule has 6 aromatic carbocycles. The Kier molecular flexibility index (Phi) is 18.2. The van der Waals surface area contributed by atoms with Gasteiger partial charge in [0.15, 0.2) is 11.2 Å². The second-order valence-electron chi connectivity index (χ2n) is 17.7. The SMILES string of the molecule is COC(CC[C@@](OC)(C(=O)N1N=C(c2cc(F)ccc2F)SC1(CCCN)c1ccc(Cl)c(Cl)c1)c1ccc(Cl)c(Cl)c1)(C(=O)N1N=C(c2cc(F)ccc2F)SC1(CCCN)c1cccc(Cl)c1)c1cccc(Cl)c1. The highest BCUT2D eigenvalue weighted by Crippen LogP contribution is 2.56. The number of thioether (sulfide) groups is 2. The summed E-state index contributed by atoms with van der Waals surface area (Å²) in [7, 11) is 2.56. The molecule has 2 aliphatic rings. The zero-order valence-electron chi connectivity index (χ0n) is 40.4. The fourth-order valence-corrected chi connectivity index (χ4v) is 13.2. The van der Waals surface area contributed by atoms with Crippen LogP contribution in [0, 0.1) is 23.3 Å². The van der Waals surface area contributed by atoms with Crippen LogP contribution in [0.25, 0.3) is 0 Å². The van der Waals surface area contributed by atoms with Crippen LogP contribution in [-0.4, -0.2) is 59.2 Å². The smallest absolute Gasteiger partial charge is 0.281 e. The number of hydrogen-bond donors (Lipinski definition) is 2. The van der Waals surface area contributed by atoms with Crippen LogP contribution in [-0.2, 0) is 40.0 Å². The average molecular weight is 1200 g/mol. The Morgan fingerprint density at radius 3 is 1.45 bits per heavy atom. The van der Waals surface area contributed by atoms with E-state index in [9.17, 15) is 0 Å². The Morgan fingerprint density at radius 1 is 0.553 bits per heavy atom. The number of nitrogens with two attached hydrogens (primary N) is 2. The first-order valence-electron chi connectivity index (χ1n) is 23.4. The predicted octanol–water partition coefficient (Wildman–Crippen LogP) is 14.4. The first-order valence-corrected chi connectivity index (χ1v) is 27.3. The molecule has 0 aliphatic carbocycles. The summed E-state index contributed by atoms with van der Waals surface area (Å²) in [4.78, 5) is 29.8. The summed E-state index contributed by atoms with van der Waals surface area (Å²) in [6.07, 6.45) is -0.147. The molecule has 0 saturated heterocycles. The van der Waals surface area contributed by atoms with Gasteiger partial charge in [-0.15, -0.1) is 0 Å². The molecule has 0 spiro atoms. The molecule has 0 fully saturated rings. The largest absolute Gasteiger partial charge is 0.364 e. The lowest BCUT2D eigenvalue weighted by atomic mass is 9.79. The van der Waals surface area contributed by atoms with E-state index in [1.165, 1.54) is 49.6 Å². The molecule has 3 unspecified atom stereocenters. The minimum absolute atomic E-state index is 0.0183. The minimum atomic E-state index is -2.23. The number of ether oxygens (including phenoxy) is 2. The maximum Gasteiger partial charge on any atom is 0.281 e. The van der Waals surface area contributed by atoms with Gasteiger partial charge < -0.3 is 20.9 Å². The summed E-state index contributed by atoms with van der Waals surface area (Å²) >= 11 is 41.8. The van der Waals surface area contributed by atoms with Crippen LogP contribution < -0.4 is 11.5 Å². The van der Waals surface area contributed by atoms with Crippen LogP contribution in [0.4, 0.5) is 17.6 Å². The van der Waals surface area contributed by atoms with Crippen molar-refractivity contribution >= 4 is 115 Å². The van der Waals surface area contributed by atoms with Gasteiger partial charge in [-0.3, -0.25) is 9.59 Å². The number of carbonyl (C=O) groups is 2. The van der Waals surface area contributed by atoms with Crippen LogP contribution in [0.2, 0.25) is 30.1 Å². The average Bonchev–Trinajstić information content (AvgIpc) is 4.06. The first-order chi connectivity index (χ1) is 36.3. The quantitative estimate of drug-likeness (QED) is 0.0766. The van der Waals surface area contributed by atoms with Gasteiger partial charge in [0.25, 0.3) is 11.8 Å². The summed E-state index contributed by atoms with van der Waals surface area (Å²) in [5, 5.41) is 12.8. The van der Waals surface area contributed by atoms with Crippen LogP contribution >= 0.6 is 93.1 Å². The molecule has 76 heavy (non-hydrogen) atoms. The van der Waals surface area contributed by atoms with Crippen molar-refractivity contribution in [2.75, 3.05) is 27.3 Å². The van der Waals surface area contributed by atoms with Gasteiger partial charge in [0.05, 0.1) is 20.1 Å². The fourth-order valence-electron chi connectivity index (χ4n) is 9.41. The molecule has 398 valence electrons. The molecule has 0 radical (unpaired) electrons. The van der Waals surface area contributed by atoms with Crippen LogP contribution in [0.5, 0.6) is 0 Å². The molecule has 2 amide bonds. The summed E-state index contributed by atoms with van der Waals surface area (Å²) < 4.78 is 74.9. The van der Waals surface area contributed by atoms with Gasteiger partial charge in [-0.25, -0.2) is 27.6 Å². The second kappa shape index (κ2) is 23.9. The number of hydrogen-bond acceptors (Lipinski definition) is 10. The normalized spacial score (nSPS) is 19.1. The predicted molar refractivity (Wildman–Crippen MR) is 297 cm³/mol. The highest BCUT2D eigenvalue weighted by Gasteiger charge is 2.59. The van der Waals surface area contributed by atoms with Crippen molar-refractivity contribution in [1.29, 1.82) is 0 Å². The van der Waals surface area contributed by atoms with E-state index < -0.39 is 68.9 Å². The maximum absolute atomic E-state index is 16.5. The molecule has 2 heterocycles. The molecule has 6 aromatic rings. The van der Waals surface area contributed by atoms with E-state index in [1.54, 1.807) is 54.6 Å². The number of hydrazone groups is 2. The van der Waals surface area contributed by atoms with Crippen LogP contribution in [0.1, 0.15) is 71.9 Å². The molecule has 0 aromatic heterocycles. The van der Waals surface area contributed by atoms with E-state index >= 15 is 27.2 Å². The number of amides is 2. The van der Waals surface area contributed by atoms with E-state index in [4.69, 9.17) is 101 Å². The van der Waals surface area contributed by atoms with Crippen molar-refractivity contribution in [3.05, 3.63) is 208 Å². The Bertz CT molecular complexity index is 3280. The third-order valence-corrected chi connectivity index (χ3v) is 18.1. The Hall–Kier alpha value is -4.40. The van der Waals surface area contributed by atoms with Gasteiger partial charge in [0.1, 0.15) is 43.1 Å². The van der Waals surface area contributed by atoms with Gasteiger partial charge in [-0.1, -0.05) is 130 Å². The molecular formula is C54H46Cl6F4N6O4S2. The fraction of sp³-hybridized carbons (Fsp3) is 0.259. The summed E-state index contributed by atoms with van der Waals surface area (Å²) in [6, 6.07) is 27.9. The number of halogens is 10. The Labute approximate surface area is 474 Å². The van der Waals surface area contributed by atoms with Crippen molar-refractivity contribution in [3.63, 3.8) is 0 Å². The standard InChI is InChI=1S/C54H46Cl6F4N6O4S2/c1-73-51(31-7-3-9-35(55)25-31,49(71)69-53(19-5-23-65,33-8-4-10-36(56)26-33)75-47(67-69)39-29-37(61)13-17-45(39)63)21-22-52(74-2,32-11-15-41(57)43(59)27-32)50(72)70-54(20-6-24-66,34-12-16-42(58)44(60)28-34)76-48(68-70)40-30-38(62)14-18-46(40)64/h3-4,7-18,25-30H,5-6,19-24,65-66H2,1-2H3/t51?,52-,53?,54?/m0/s1. The van der Waals surface area contributed by atoms with Crippen LogP contribution in [0.3, 0.4) is 0 Å². The maximum atomic E-state index is 16.5. The molecule has 10 nitrogen and oxygen atoms in total. The van der Waals surface area contributed by atoms with Crippen molar-refractivity contribution in [3.8, 4) is 0 Å². The summed E-state index contributed by atoms with van der Waals surface area (Å²) in [5.74, 6) is -4.89. The number of methoxy groups -OCH3 is 2. The molecular weight excluding hydrogens is 1150 g/mol. The van der Waals surface area contributed by atoms with Gasteiger partial charge in [0, 0.05) is 35.4 Å². The molecule has 2 aliphatic heterocycles. The zero-order valence-corrected chi connectivity index (χ0v) is 46.5. The summed E-state index contributed by atoms with van der Waals surface area (Å²) in [5.41, 5.74) is 8.60. The number of nitrogens with zero attached hydrogens (tertiary/aromatic N) is 4. The molecule has 4 atom stereocenters. The Balaban J connectivity index is 1.37. The van der Waals surface area contributed by atoms with E-state index in [2.05, 4.69) is 0 Å². The van der Waals surface area contributed by atoms with Crippen molar-refractivity contribution < 1.29 is 36.6 Å². The first kappa shape index (κ1) is 57.8. The lowest BCUT2D eigenvalue weighted by molar-refractivity contribution is -0.171. The van der Waals surface area contributed by atoms with Gasteiger partial charge in [-0.2, -0.15) is 10.2 Å². The number of benzene rings is 6. The molecule has 4 N–H and O–H groups in total. The topological polar surface area (TPSA) is 136 Å². The highest BCUT2D eigenvalue weighted by molar-refractivity contribution is 8.15. The van der Waals surface area contributed by atoms with Crippen LogP contribution in [0.15, 0.2) is 132 Å². The number of rotatable bonds is 19. The lowest BCUT2D eigenvalue weighted by Gasteiger charge is -2.44. The second-order valence-corrected chi connectivity index (χ2v) is 22.7.